The molecule has 1 aromatic carbocycles. The van der Waals surface area contributed by atoms with Crippen molar-refractivity contribution in [1.82, 2.24) is 5.32 Å². The van der Waals surface area contributed by atoms with Crippen LogP contribution in [-0.2, 0) is 0 Å². The van der Waals surface area contributed by atoms with Crippen LogP contribution in [-0.4, -0.2) is 24.4 Å². The normalized spacial score (nSPS) is 19.7. The SMILES string of the molecule is COc1ccccc1[C@@H](C)NCC1(O)CCCC1. The number of ether oxygens (including phenoxy) is 1. The largest absolute Gasteiger partial charge is 0.496 e. The summed E-state index contributed by atoms with van der Waals surface area (Å²) < 4.78 is 5.36. The second-order valence-electron chi connectivity index (χ2n) is 5.28. The van der Waals surface area contributed by atoms with Crippen molar-refractivity contribution in [3.05, 3.63) is 29.8 Å². The van der Waals surface area contributed by atoms with E-state index in [1.54, 1.807) is 7.11 Å². The van der Waals surface area contributed by atoms with E-state index in [1.165, 1.54) is 0 Å². The van der Waals surface area contributed by atoms with Gasteiger partial charge in [-0.15, -0.1) is 0 Å². The molecule has 0 radical (unpaired) electrons. The number of para-hydroxylation sites is 1. The molecule has 1 aromatic rings. The molecule has 1 saturated carbocycles. The van der Waals surface area contributed by atoms with Gasteiger partial charge in [-0.25, -0.2) is 0 Å². The zero-order chi connectivity index (χ0) is 13.0. The van der Waals surface area contributed by atoms with E-state index < -0.39 is 5.60 Å². The molecule has 0 unspecified atom stereocenters. The van der Waals surface area contributed by atoms with Crippen LogP contribution in [0, 0.1) is 0 Å². The number of methoxy groups -OCH3 is 1. The minimum Gasteiger partial charge on any atom is -0.496 e. The van der Waals surface area contributed by atoms with E-state index in [1.807, 2.05) is 18.2 Å². The van der Waals surface area contributed by atoms with Gasteiger partial charge >= 0.3 is 0 Å². The van der Waals surface area contributed by atoms with Crippen LogP contribution in [0.1, 0.15) is 44.2 Å². The van der Waals surface area contributed by atoms with E-state index in [9.17, 15) is 5.11 Å². The van der Waals surface area contributed by atoms with Crippen LogP contribution in [0.4, 0.5) is 0 Å². The van der Waals surface area contributed by atoms with Crippen LogP contribution >= 0.6 is 0 Å². The molecule has 18 heavy (non-hydrogen) atoms. The Bertz CT molecular complexity index is 386. The molecule has 3 heteroatoms. The van der Waals surface area contributed by atoms with Crippen LogP contribution < -0.4 is 10.1 Å². The molecule has 0 amide bonds. The van der Waals surface area contributed by atoms with Crippen molar-refractivity contribution in [3.63, 3.8) is 0 Å². The molecule has 0 spiro atoms. The predicted octanol–water partition coefficient (Wildman–Crippen LogP) is 2.65. The fourth-order valence-corrected chi connectivity index (χ4v) is 2.69. The summed E-state index contributed by atoms with van der Waals surface area (Å²) in [5.41, 5.74) is 0.637. The minimum absolute atomic E-state index is 0.186. The monoisotopic (exact) mass is 249 g/mol. The predicted molar refractivity (Wildman–Crippen MR) is 72.8 cm³/mol. The van der Waals surface area contributed by atoms with Gasteiger partial charge in [0.15, 0.2) is 0 Å². The Labute approximate surface area is 109 Å². The molecule has 100 valence electrons. The first-order chi connectivity index (χ1) is 8.64. The molecule has 0 aliphatic heterocycles. The summed E-state index contributed by atoms with van der Waals surface area (Å²) in [7, 11) is 1.69. The van der Waals surface area contributed by atoms with Crippen molar-refractivity contribution in [2.24, 2.45) is 0 Å². The first-order valence-electron chi connectivity index (χ1n) is 6.73. The third-order valence-corrected chi connectivity index (χ3v) is 3.88. The van der Waals surface area contributed by atoms with Crippen molar-refractivity contribution in [2.45, 2.75) is 44.2 Å². The molecule has 1 aliphatic rings. The molecule has 3 nitrogen and oxygen atoms in total. The summed E-state index contributed by atoms with van der Waals surface area (Å²) in [6.07, 6.45) is 4.11. The Kier molecular flexibility index (Phi) is 4.25. The van der Waals surface area contributed by atoms with Crippen molar-refractivity contribution >= 4 is 0 Å². The maximum absolute atomic E-state index is 10.3. The number of aliphatic hydroxyl groups is 1. The summed E-state index contributed by atoms with van der Waals surface area (Å²) >= 11 is 0. The third-order valence-electron chi connectivity index (χ3n) is 3.88. The Balaban J connectivity index is 1.96. The fraction of sp³-hybridized carbons (Fsp3) is 0.600. The third kappa shape index (κ3) is 3.03. The maximum atomic E-state index is 10.3. The summed E-state index contributed by atoms with van der Waals surface area (Å²) in [5.74, 6) is 0.899. The molecule has 2 N–H and O–H groups in total. The highest BCUT2D eigenvalue weighted by Crippen LogP contribution is 2.30. The van der Waals surface area contributed by atoms with E-state index in [4.69, 9.17) is 4.74 Å². The van der Waals surface area contributed by atoms with Crippen LogP contribution in [0.25, 0.3) is 0 Å². The maximum Gasteiger partial charge on any atom is 0.123 e. The smallest absolute Gasteiger partial charge is 0.123 e. The number of nitrogens with one attached hydrogen (secondary N) is 1. The van der Waals surface area contributed by atoms with Gasteiger partial charge in [0.25, 0.3) is 0 Å². The average Bonchev–Trinajstić information content (AvgIpc) is 2.83. The number of benzene rings is 1. The standard InChI is InChI=1S/C15H23NO2/c1-12(13-7-3-4-8-14(13)18-2)16-11-15(17)9-5-6-10-15/h3-4,7-8,12,16-17H,5-6,9-11H2,1-2H3/t12-/m1/s1. The molecular weight excluding hydrogens is 226 g/mol. The Hall–Kier alpha value is -1.06. The van der Waals surface area contributed by atoms with E-state index in [2.05, 4.69) is 18.3 Å². The van der Waals surface area contributed by atoms with Crippen LogP contribution in [0.3, 0.4) is 0 Å². The van der Waals surface area contributed by atoms with Gasteiger partial charge in [0.05, 0.1) is 12.7 Å². The first-order valence-corrected chi connectivity index (χ1v) is 6.73. The molecule has 2 rings (SSSR count). The molecule has 0 aromatic heterocycles. The summed E-state index contributed by atoms with van der Waals surface area (Å²) in [5, 5.41) is 13.7. The lowest BCUT2D eigenvalue weighted by Crippen LogP contribution is -2.39. The lowest BCUT2D eigenvalue weighted by atomic mass is 10.0. The van der Waals surface area contributed by atoms with Gasteiger partial charge in [-0.1, -0.05) is 31.0 Å². The van der Waals surface area contributed by atoms with Crippen molar-refractivity contribution in [2.75, 3.05) is 13.7 Å². The Morgan fingerprint density at radius 3 is 2.67 bits per heavy atom. The number of hydrogen-bond donors (Lipinski definition) is 2. The number of hydrogen-bond acceptors (Lipinski definition) is 3. The molecular formula is C15H23NO2. The highest BCUT2D eigenvalue weighted by Gasteiger charge is 2.31. The Morgan fingerprint density at radius 1 is 1.33 bits per heavy atom. The van der Waals surface area contributed by atoms with Crippen molar-refractivity contribution < 1.29 is 9.84 Å². The van der Waals surface area contributed by atoms with Gasteiger partial charge in [0, 0.05) is 18.2 Å². The zero-order valence-corrected chi connectivity index (χ0v) is 11.3. The second-order valence-corrected chi connectivity index (χ2v) is 5.28. The topological polar surface area (TPSA) is 41.5 Å². The average molecular weight is 249 g/mol. The molecule has 0 saturated heterocycles. The van der Waals surface area contributed by atoms with E-state index >= 15 is 0 Å². The lowest BCUT2D eigenvalue weighted by Gasteiger charge is -2.26. The second kappa shape index (κ2) is 5.72. The highest BCUT2D eigenvalue weighted by molar-refractivity contribution is 5.35. The number of rotatable bonds is 5. The summed E-state index contributed by atoms with van der Waals surface area (Å²) in [6, 6.07) is 8.21. The molecule has 0 heterocycles. The highest BCUT2D eigenvalue weighted by atomic mass is 16.5. The quantitative estimate of drug-likeness (QED) is 0.843. The van der Waals surface area contributed by atoms with Crippen LogP contribution in [0.2, 0.25) is 0 Å². The first kappa shape index (κ1) is 13.4. The van der Waals surface area contributed by atoms with E-state index in [-0.39, 0.29) is 6.04 Å². The molecule has 0 bridgehead atoms. The summed E-state index contributed by atoms with van der Waals surface area (Å²) in [4.78, 5) is 0. The summed E-state index contributed by atoms with van der Waals surface area (Å²) in [6.45, 7) is 2.77. The minimum atomic E-state index is -0.504. The van der Waals surface area contributed by atoms with Gasteiger partial charge < -0.3 is 15.2 Å². The van der Waals surface area contributed by atoms with Gasteiger partial charge in [-0.3, -0.25) is 0 Å². The molecule has 1 aliphatic carbocycles. The van der Waals surface area contributed by atoms with Gasteiger partial charge in [0.1, 0.15) is 5.75 Å². The van der Waals surface area contributed by atoms with Crippen molar-refractivity contribution in [3.8, 4) is 5.75 Å². The van der Waals surface area contributed by atoms with Gasteiger partial charge in [-0.2, -0.15) is 0 Å². The van der Waals surface area contributed by atoms with Gasteiger partial charge in [-0.05, 0) is 25.8 Å². The van der Waals surface area contributed by atoms with E-state index in [0.29, 0.717) is 6.54 Å². The van der Waals surface area contributed by atoms with Crippen molar-refractivity contribution in [1.29, 1.82) is 0 Å². The van der Waals surface area contributed by atoms with Crippen LogP contribution in [0.5, 0.6) is 5.75 Å². The van der Waals surface area contributed by atoms with E-state index in [0.717, 1.165) is 37.0 Å². The lowest BCUT2D eigenvalue weighted by molar-refractivity contribution is 0.0453. The Morgan fingerprint density at radius 2 is 2.00 bits per heavy atom. The molecule has 1 fully saturated rings. The fourth-order valence-electron chi connectivity index (χ4n) is 2.69. The van der Waals surface area contributed by atoms with Gasteiger partial charge in [0.2, 0.25) is 0 Å². The molecule has 1 atom stereocenters. The van der Waals surface area contributed by atoms with Crippen LogP contribution in [0.15, 0.2) is 24.3 Å². The zero-order valence-electron chi connectivity index (χ0n) is 11.3.